The van der Waals surface area contributed by atoms with Crippen LogP contribution in [0.15, 0.2) is 17.5 Å². The Hall–Kier alpha value is -0.820. The van der Waals surface area contributed by atoms with E-state index in [1.807, 2.05) is 6.07 Å². The van der Waals surface area contributed by atoms with Crippen LogP contribution < -0.4 is 0 Å². The molecule has 0 fully saturated rings. The molecule has 0 aromatic carbocycles. The molecule has 1 nitrogen and oxygen atoms in total. The van der Waals surface area contributed by atoms with Crippen LogP contribution in [0.5, 0.6) is 0 Å². The summed E-state index contributed by atoms with van der Waals surface area (Å²) >= 11 is 3.31. The molecule has 0 aliphatic carbocycles. The van der Waals surface area contributed by atoms with E-state index in [1.54, 1.807) is 22.7 Å². The fourth-order valence-electron chi connectivity index (χ4n) is 1.16. The summed E-state index contributed by atoms with van der Waals surface area (Å²) in [5.41, 5.74) is 0. The van der Waals surface area contributed by atoms with E-state index in [4.69, 9.17) is 6.42 Å². The van der Waals surface area contributed by atoms with Gasteiger partial charge in [-0.05, 0) is 17.5 Å². The number of rotatable bonds is 2. The van der Waals surface area contributed by atoms with Gasteiger partial charge in [0, 0.05) is 20.7 Å². The molecule has 1 N–H and O–H groups in total. The van der Waals surface area contributed by atoms with E-state index >= 15 is 0 Å². The number of fused-ring (bicyclic) bond motifs is 1. The maximum Gasteiger partial charge on any atom is 0.0991 e. The van der Waals surface area contributed by atoms with Gasteiger partial charge in [-0.1, -0.05) is 0 Å². The smallest absolute Gasteiger partial charge is 0.0991 e. The van der Waals surface area contributed by atoms with Crippen molar-refractivity contribution in [2.75, 3.05) is 0 Å². The van der Waals surface area contributed by atoms with Crippen LogP contribution in [0, 0.1) is 12.3 Å². The Morgan fingerprint density at radius 2 is 2.38 bits per heavy atom. The zero-order chi connectivity index (χ0) is 9.26. The van der Waals surface area contributed by atoms with Crippen molar-refractivity contribution >= 4 is 32.1 Å². The van der Waals surface area contributed by atoms with Crippen molar-refractivity contribution in [1.29, 1.82) is 0 Å². The third-order valence-corrected chi connectivity index (χ3v) is 3.99. The lowest BCUT2D eigenvalue weighted by Gasteiger charge is -2.01. The van der Waals surface area contributed by atoms with Gasteiger partial charge >= 0.3 is 0 Å². The number of hydrogen-bond donors (Lipinski definition) is 1. The SMILES string of the molecule is C#CCC(O)c1cc2sccc2s1. The molecule has 2 aromatic rings. The number of terminal acetylenes is 1. The van der Waals surface area contributed by atoms with Crippen LogP contribution in [0.25, 0.3) is 9.40 Å². The molecule has 2 heterocycles. The van der Waals surface area contributed by atoms with Crippen molar-refractivity contribution in [3.8, 4) is 12.3 Å². The van der Waals surface area contributed by atoms with Gasteiger partial charge in [-0.2, -0.15) is 0 Å². The molecule has 2 aromatic heterocycles. The minimum absolute atomic E-state index is 0.397. The Bertz CT molecular complexity index is 418. The van der Waals surface area contributed by atoms with Gasteiger partial charge < -0.3 is 5.11 Å². The molecule has 3 heteroatoms. The lowest BCUT2D eigenvalue weighted by atomic mass is 10.2. The Morgan fingerprint density at radius 1 is 1.54 bits per heavy atom. The molecule has 0 aliphatic heterocycles. The molecule has 66 valence electrons. The highest BCUT2D eigenvalue weighted by molar-refractivity contribution is 7.26. The predicted molar refractivity (Wildman–Crippen MR) is 58.1 cm³/mol. The Kier molecular flexibility index (Phi) is 2.36. The molecule has 0 bridgehead atoms. The average Bonchev–Trinajstić information content (AvgIpc) is 2.61. The normalized spacial score (nSPS) is 12.9. The predicted octanol–water partition coefficient (Wildman–Crippen LogP) is 3.02. The second-order valence-electron chi connectivity index (χ2n) is 2.72. The van der Waals surface area contributed by atoms with Crippen LogP contribution in [0.2, 0.25) is 0 Å². The fourth-order valence-corrected chi connectivity index (χ4v) is 3.27. The van der Waals surface area contributed by atoms with Gasteiger partial charge in [-0.3, -0.25) is 0 Å². The van der Waals surface area contributed by atoms with Gasteiger partial charge in [0.1, 0.15) is 0 Å². The lowest BCUT2D eigenvalue weighted by molar-refractivity contribution is 0.188. The Morgan fingerprint density at radius 3 is 3.08 bits per heavy atom. The highest BCUT2D eigenvalue weighted by Crippen LogP contribution is 2.34. The van der Waals surface area contributed by atoms with Crippen LogP contribution in [0.4, 0.5) is 0 Å². The van der Waals surface area contributed by atoms with Gasteiger partial charge in [0.15, 0.2) is 0 Å². The summed E-state index contributed by atoms with van der Waals surface area (Å²) in [6, 6.07) is 4.09. The number of aliphatic hydroxyl groups excluding tert-OH is 1. The second kappa shape index (κ2) is 3.51. The van der Waals surface area contributed by atoms with Crippen LogP contribution in [-0.2, 0) is 0 Å². The van der Waals surface area contributed by atoms with Gasteiger partial charge in [0.25, 0.3) is 0 Å². The maximum absolute atomic E-state index is 9.61. The van der Waals surface area contributed by atoms with Crippen molar-refractivity contribution in [3.05, 3.63) is 22.4 Å². The molecule has 0 saturated carbocycles. The summed E-state index contributed by atoms with van der Waals surface area (Å²) in [6.45, 7) is 0. The molecule has 1 atom stereocenters. The fraction of sp³-hybridized carbons (Fsp3) is 0.200. The summed E-state index contributed by atoms with van der Waals surface area (Å²) < 4.78 is 2.46. The largest absolute Gasteiger partial charge is 0.387 e. The van der Waals surface area contributed by atoms with E-state index in [1.165, 1.54) is 9.40 Å². The van der Waals surface area contributed by atoms with E-state index in [9.17, 15) is 5.11 Å². The van der Waals surface area contributed by atoms with E-state index in [2.05, 4.69) is 17.4 Å². The minimum Gasteiger partial charge on any atom is -0.387 e. The molecular weight excluding hydrogens is 200 g/mol. The second-order valence-corrected chi connectivity index (χ2v) is 4.78. The molecule has 0 spiro atoms. The van der Waals surface area contributed by atoms with Crippen LogP contribution >= 0.6 is 22.7 Å². The van der Waals surface area contributed by atoms with Gasteiger partial charge in [-0.15, -0.1) is 35.0 Å². The quantitative estimate of drug-likeness (QED) is 0.752. The van der Waals surface area contributed by atoms with Crippen molar-refractivity contribution in [2.45, 2.75) is 12.5 Å². The standard InChI is InChI=1S/C10H8OS2/c1-2-3-7(11)9-6-10-8(13-9)4-5-12-10/h1,4-7,11H,3H2. The summed E-state index contributed by atoms with van der Waals surface area (Å²) in [4.78, 5) is 0.972. The molecule has 1 unspecified atom stereocenters. The first-order chi connectivity index (χ1) is 6.31. The lowest BCUT2D eigenvalue weighted by Crippen LogP contribution is -1.90. The van der Waals surface area contributed by atoms with E-state index < -0.39 is 6.10 Å². The van der Waals surface area contributed by atoms with Crippen molar-refractivity contribution in [2.24, 2.45) is 0 Å². The molecular formula is C10H8OS2. The first kappa shape index (κ1) is 8.76. The summed E-state index contributed by atoms with van der Waals surface area (Å²) in [5.74, 6) is 2.46. The van der Waals surface area contributed by atoms with Gasteiger partial charge in [-0.25, -0.2) is 0 Å². The summed E-state index contributed by atoms with van der Waals surface area (Å²) in [5, 5.41) is 11.7. The molecule has 13 heavy (non-hydrogen) atoms. The maximum atomic E-state index is 9.61. The van der Waals surface area contributed by atoms with Crippen molar-refractivity contribution in [3.63, 3.8) is 0 Å². The summed E-state index contributed by atoms with van der Waals surface area (Å²) in [7, 11) is 0. The molecule has 2 rings (SSSR count). The average molecular weight is 208 g/mol. The Labute approximate surface area is 84.6 Å². The van der Waals surface area contributed by atoms with Crippen LogP contribution in [0.3, 0.4) is 0 Å². The Balaban J connectivity index is 2.34. The van der Waals surface area contributed by atoms with Gasteiger partial charge in [0.05, 0.1) is 6.10 Å². The van der Waals surface area contributed by atoms with E-state index in [0.717, 1.165) is 4.88 Å². The zero-order valence-electron chi connectivity index (χ0n) is 6.86. The minimum atomic E-state index is -0.491. The topological polar surface area (TPSA) is 20.2 Å². The monoisotopic (exact) mass is 208 g/mol. The molecule has 0 amide bonds. The zero-order valence-corrected chi connectivity index (χ0v) is 8.49. The van der Waals surface area contributed by atoms with Gasteiger partial charge in [0.2, 0.25) is 0 Å². The first-order valence-electron chi connectivity index (χ1n) is 3.89. The number of aliphatic hydroxyl groups is 1. The van der Waals surface area contributed by atoms with Crippen LogP contribution in [-0.4, -0.2) is 5.11 Å². The highest BCUT2D eigenvalue weighted by atomic mass is 32.1. The molecule has 0 radical (unpaired) electrons. The van der Waals surface area contributed by atoms with Crippen molar-refractivity contribution in [1.82, 2.24) is 0 Å². The highest BCUT2D eigenvalue weighted by Gasteiger charge is 2.10. The number of hydrogen-bond acceptors (Lipinski definition) is 3. The third kappa shape index (κ3) is 1.61. The molecule has 0 saturated heterocycles. The van der Waals surface area contributed by atoms with E-state index in [0.29, 0.717) is 6.42 Å². The molecule has 0 aliphatic rings. The van der Waals surface area contributed by atoms with E-state index in [-0.39, 0.29) is 0 Å². The van der Waals surface area contributed by atoms with Crippen molar-refractivity contribution < 1.29 is 5.11 Å². The summed E-state index contributed by atoms with van der Waals surface area (Å²) in [6.07, 6.45) is 5.04. The first-order valence-corrected chi connectivity index (χ1v) is 5.59. The van der Waals surface area contributed by atoms with Crippen LogP contribution in [0.1, 0.15) is 17.4 Å². The number of thiophene rings is 2. The third-order valence-electron chi connectivity index (χ3n) is 1.80.